The Bertz CT molecular complexity index is 674. The number of carboxylic acids is 2. The van der Waals surface area contributed by atoms with Gasteiger partial charge in [-0.25, -0.2) is 4.79 Å². The number of rotatable bonds is 7. The minimum Gasteiger partial charge on any atom is -0.481 e. The average molecular weight is 372 g/mol. The summed E-state index contributed by atoms with van der Waals surface area (Å²) < 4.78 is 4.81. The maximum atomic E-state index is 12.2. The van der Waals surface area contributed by atoms with Crippen molar-refractivity contribution in [3.63, 3.8) is 0 Å². The first-order valence-electron chi connectivity index (χ1n) is 7.27. The lowest BCUT2D eigenvalue weighted by Gasteiger charge is -2.49. The smallest absolute Gasteiger partial charge is 0.352 e. The van der Waals surface area contributed by atoms with Crippen molar-refractivity contribution < 1.29 is 38.9 Å². The van der Waals surface area contributed by atoms with Crippen LogP contribution in [-0.4, -0.2) is 68.6 Å². The summed E-state index contributed by atoms with van der Waals surface area (Å²) in [7, 11) is 0. The van der Waals surface area contributed by atoms with Crippen molar-refractivity contribution in [2.75, 3.05) is 12.4 Å². The van der Waals surface area contributed by atoms with Crippen LogP contribution in [0, 0.1) is 0 Å². The third-order valence-corrected chi connectivity index (χ3v) is 4.92. The molecule has 2 aliphatic heterocycles. The monoisotopic (exact) mass is 372 g/mol. The van der Waals surface area contributed by atoms with E-state index < -0.39 is 41.1 Å². The van der Waals surface area contributed by atoms with E-state index in [1.54, 1.807) is 0 Å². The molecule has 0 spiro atoms. The molecule has 0 aromatic heterocycles. The van der Waals surface area contributed by atoms with E-state index in [1.807, 2.05) is 0 Å². The van der Waals surface area contributed by atoms with Gasteiger partial charge >= 0.3 is 17.9 Å². The number of nitrogens with one attached hydrogen (secondary N) is 1. The van der Waals surface area contributed by atoms with Gasteiger partial charge in [0, 0.05) is 24.7 Å². The van der Waals surface area contributed by atoms with Gasteiger partial charge in [0.15, 0.2) is 0 Å². The first-order chi connectivity index (χ1) is 11.7. The number of thioether (sulfide) groups is 1. The highest BCUT2D eigenvalue weighted by molar-refractivity contribution is 8.00. The van der Waals surface area contributed by atoms with Crippen LogP contribution in [0.25, 0.3) is 0 Å². The molecule has 0 aromatic rings. The van der Waals surface area contributed by atoms with E-state index in [1.165, 1.54) is 18.7 Å². The zero-order valence-corrected chi connectivity index (χ0v) is 14.0. The van der Waals surface area contributed by atoms with Gasteiger partial charge in [-0.05, 0) is 0 Å². The van der Waals surface area contributed by atoms with Crippen LogP contribution in [0.3, 0.4) is 0 Å². The molecule has 2 atom stereocenters. The number of aliphatic carboxylic acids is 2. The second-order valence-electron chi connectivity index (χ2n) is 5.39. The number of hydrogen-bond acceptors (Lipinski definition) is 7. The molecule has 0 unspecified atom stereocenters. The molecule has 0 bridgehead atoms. The molecule has 136 valence electrons. The lowest BCUT2D eigenvalue weighted by molar-refractivity contribution is -0.151. The molecule has 0 radical (unpaired) electrons. The Labute approximate surface area is 146 Å². The minimum atomic E-state index is -1.32. The number of hydrogen-bond donors (Lipinski definition) is 3. The summed E-state index contributed by atoms with van der Waals surface area (Å²) in [5.41, 5.74) is 0.0546. The van der Waals surface area contributed by atoms with Crippen molar-refractivity contribution in [3.8, 4) is 0 Å². The van der Waals surface area contributed by atoms with Gasteiger partial charge in [-0.15, -0.1) is 11.8 Å². The average Bonchev–Trinajstić information content (AvgIpc) is 2.54. The SMILES string of the molecule is CC(=O)OCC1=C(C(=O)O)N2C(=O)[C@H](NC(=O)CCC(=O)O)[C@H]2SC1. The summed E-state index contributed by atoms with van der Waals surface area (Å²) in [6.07, 6.45) is -0.628. The Hall–Kier alpha value is -2.56. The Kier molecular flexibility index (Phi) is 5.67. The van der Waals surface area contributed by atoms with Gasteiger partial charge in [0.1, 0.15) is 23.7 Å². The van der Waals surface area contributed by atoms with Crippen molar-refractivity contribution in [2.45, 2.75) is 31.2 Å². The number of carbonyl (C=O) groups excluding carboxylic acids is 3. The van der Waals surface area contributed by atoms with Crippen LogP contribution in [0.1, 0.15) is 19.8 Å². The Balaban J connectivity index is 2.08. The third-order valence-electron chi connectivity index (χ3n) is 3.58. The summed E-state index contributed by atoms with van der Waals surface area (Å²) >= 11 is 1.23. The molecule has 11 heteroatoms. The molecule has 0 saturated carbocycles. The standard InChI is InChI=1S/C14H16N2O8S/c1-6(17)24-4-7-5-25-13-10(15-8(18)2-3-9(19)20)12(21)16(13)11(7)14(22)23/h10,13H,2-5H2,1H3,(H,15,18)(H,19,20)(H,22,23)/t10-,13+/m0/s1. The van der Waals surface area contributed by atoms with Gasteiger partial charge in [-0.1, -0.05) is 0 Å². The fourth-order valence-corrected chi connectivity index (χ4v) is 3.78. The van der Waals surface area contributed by atoms with E-state index in [0.717, 1.165) is 4.90 Å². The largest absolute Gasteiger partial charge is 0.481 e. The molecule has 2 heterocycles. The van der Waals surface area contributed by atoms with Crippen molar-refractivity contribution in [1.29, 1.82) is 0 Å². The van der Waals surface area contributed by atoms with Crippen molar-refractivity contribution in [1.82, 2.24) is 10.2 Å². The van der Waals surface area contributed by atoms with Gasteiger partial charge in [0.2, 0.25) is 5.91 Å². The molecule has 1 fully saturated rings. The topological polar surface area (TPSA) is 150 Å². The van der Waals surface area contributed by atoms with Crippen LogP contribution < -0.4 is 5.32 Å². The highest BCUT2D eigenvalue weighted by atomic mass is 32.2. The predicted molar refractivity (Wildman–Crippen MR) is 83.2 cm³/mol. The second-order valence-corrected chi connectivity index (χ2v) is 6.49. The quantitative estimate of drug-likeness (QED) is 0.383. The van der Waals surface area contributed by atoms with Gasteiger partial charge < -0.3 is 20.3 Å². The molecule has 3 N–H and O–H groups in total. The van der Waals surface area contributed by atoms with Crippen LogP contribution in [0.2, 0.25) is 0 Å². The molecule has 2 aliphatic rings. The van der Waals surface area contributed by atoms with Crippen LogP contribution in [0.4, 0.5) is 0 Å². The minimum absolute atomic E-state index is 0.226. The van der Waals surface area contributed by atoms with Crippen LogP contribution in [0.15, 0.2) is 11.3 Å². The van der Waals surface area contributed by atoms with Crippen LogP contribution >= 0.6 is 11.8 Å². The zero-order valence-electron chi connectivity index (χ0n) is 13.2. The molecular weight excluding hydrogens is 356 g/mol. The zero-order chi connectivity index (χ0) is 18.7. The molecule has 10 nitrogen and oxygen atoms in total. The summed E-state index contributed by atoms with van der Waals surface area (Å²) in [6, 6.07) is -0.907. The van der Waals surface area contributed by atoms with E-state index in [-0.39, 0.29) is 30.9 Å². The molecule has 2 amide bonds. The Morgan fingerprint density at radius 1 is 1.28 bits per heavy atom. The van der Waals surface area contributed by atoms with E-state index in [9.17, 15) is 29.1 Å². The lowest BCUT2D eigenvalue weighted by atomic mass is 10.0. The highest BCUT2D eigenvalue weighted by Crippen LogP contribution is 2.40. The predicted octanol–water partition coefficient (Wildman–Crippen LogP) is -0.847. The number of amides is 2. The molecule has 0 aromatic carbocycles. The number of fused-ring (bicyclic) bond motifs is 1. The fraction of sp³-hybridized carbons (Fsp3) is 0.500. The van der Waals surface area contributed by atoms with E-state index in [0.29, 0.717) is 5.57 Å². The first kappa shape index (κ1) is 18.8. The number of carbonyl (C=O) groups is 5. The second kappa shape index (κ2) is 7.55. The maximum Gasteiger partial charge on any atom is 0.352 e. The highest BCUT2D eigenvalue weighted by Gasteiger charge is 2.54. The van der Waals surface area contributed by atoms with Crippen molar-refractivity contribution in [2.24, 2.45) is 0 Å². The maximum absolute atomic E-state index is 12.2. The summed E-state index contributed by atoms with van der Waals surface area (Å²) in [5, 5.41) is 19.8. The van der Waals surface area contributed by atoms with Gasteiger partial charge in [-0.3, -0.25) is 24.1 Å². The van der Waals surface area contributed by atoms with Gasteiger partial charge in [0.05, 0.1) is 6.42 Å². The van der Waals surface area contributed by atoms with E-state index in [2.05, 4.69) is 5.32 Å². The molecule has 1 saturated heterocycles. The summed E-state index contributed by atoms with van der Waals surface area (Å²) in [5.74, 6) is -3.98. The third kappa shape index (κ3) is 4.10. The first-order valence-corrected chi connectivity index (χ1v) is 8.31. The van der Waals surface area contributed by atoms with Gasteiger partial charge in [-0.2, -0.15) is 0 Å². The molecule has 2 rings (SSSR count). The normalized spacial score (nSPS) is 22.0. The summed E-state index contributed by atoms with van der Waals surface area (Å²) in [6.45, 7) is 0.966. The van der Waals surface area contributed by atoms with E-state index in [4.69, 9.17) is 9.84 Å². The number of ether oxygens (including phenoxy) is 1. The lowest BCUT2D eigenvalue weighted by Crippen LogP contribution is -2.70. The van der Waals surface area contributed by atoms with Crippen LogP contribution in [0.5, 0.6) is 0 Å². The molecule has 0 aliphatic carbocycles. The fourth-order valence-electron chi connectivity index (χ4n) is 2.45. The number of esters is 1. The number of carboxylic acid groups (broad SMARTS) is 2. The number of nitrogens with zero attached hydrogens (tertiary/aromatic N) is 1. The molecular formula is C14H16N2O8S. The van der Waals surface area contributed by atoms with Gasteiger partial charge in [0.25, 0.3) is 5.91 Å². The van der Waals surface area contributed by atoms with Crippen molar-refractivity contribution in [3.05, 3.63) is 11.3 Å². The number of β-lactam (4-membered cyclic amide) rings is 1. The van der Waals surface area contributed by atoms with E-state index >= 15 is 0 Å². The van der Waals surface area contributed by atoms with Crippen molar-refractivity contribution >= 4 is 41.5 Å². The Morgan fingerprint density at radius 3 is 2.52 bits per heavy atom. The summed E-state index contributed by atoms with van der Waals surface area (Å²) in [4.78, 5) is 57.8. The Morgan fingerprint density at radius 2 is 1.96 bits per heavy atom. The van der Waals surface area contributed by atoms with Crippen LogP contribution in [-0.2, 0) is 28.7 Å². The molecule has 25 heavy (non-hydrogen) atoms.